The molecule has 2 aliphatic rings. The summed E-state index contributed by atoms with van der Waals surface area (Å²) in [6, 6.07) is 18.2. The minimum atomic E-state index is -0.292. The Kier molecular flexibility index (Phi) is 7.67. The number of aromatic amines is 2. The molecule has 12 nitrogen and oxygen atoms in total. The number of hydrogen-bond acceptors (Lipinski definition) is 8. The van der Waals surface area contributed by atoms with E-state index in [4.69, 9.17) is 20.2 Å². The van der Waals surface area contributed by atoms with Gasteiger partial charge >= 0.3 is 11.4 Å². The summed E-state index contributed by atoms with van der Waals surface area (Å²) in [4.78, 5) is 41.6. The van der Waals surface area contributed by atoms with Gasteiger partial charge in [0.2, 0.25) is 11.8 Å². The molecule has 0 saturated carbocycles. The van der Waals surface area contributed by atoms with Crippen LogP contribution in [-0.4, -0.2) is 42.3 Å². The van der Waals surface area contributed by atoms with Crippen molar-refractivity contribution in [2.24, 2.45) is 0 Å². The van der Waals surface area contributed by atoms with Gasteiger partial charge in [-0.3, -0.25) is 9.13 Å². The molecule has 0 atom stereocenters. The first kappa shape index (κ1) is 29.6. The Hall–Kier alpha value is -5.78. The number of pyridine rings is 2. The zero-order chi connectivity index (χ0) is 32.6. The van der Waals surface area contributed by atoms with Gasteiger partial charge in [-0.2, -0.15) is 9.97 Å². The number of nitrogens with one attached hydrogen (secondary N) is 3. The van der Waals surface area contributed by atoms with Gasteiger partial charge in [-0.15, -0.1) is 0 Å². The van der Waals surface area contributed by atoms with Crippen LogP contribution in [0.5, 0.6) is 11.8 Å². The van der Waals surface area contributed by atoms with Crippen molar-refractivity contribution in [2.45, 2.75) is 51.6 Å². The lowest BCUT2D eigenvalue weighted by Crippen LogP contribution is -2.17. The molecule has 6 heterocycles. The Bertz CT molecular complexity index is 2310. The smallest absolute Gasteiger partial charge is 0.326 e. The van der Waals surface area contributed by atoms with Gasteiger partial charge in [0.15, 0.2) is 11.6 Å². The maximum Gasteiger partial charge on any atom is 0.326 e. The molecule has 8 rings (SSSR count). The fourth-order valence-corrected chi connectivity index (χ4v) is 6.62. The van der Waals surface area contributed by atoms with E-state index in [1.165, 1.54) is 5.56 Å². The van der Waals surface area contributed by atoms with Crippen LogP contribution in [-0.2, 0) is 25.9 Å². The molecule has 0 fully saturated rings. The molecular formula is C36H36N8O4. The molecule has 48 heavy (non-hydrogen) atoms. The molecule has 0 aliphatic carbocycles. The van der Waals surface area contributed by atoms with E-state index >= 15 is 0 Å². The lowest BCUT2D eigenvalue weighted by Gasteiger charge is -2.15. The summed E-state index contributed by atoms with van der Waals surface area (Å²) in [6.45, 7) is 1.67. The number of H-pyrrole nitrogens is 2. The summed E-state index contributed by atoms with van der Waals surface area (Å²) in [5.74, 6) is 1.52. The maximum atomic E-state index is 13.4. The molecule has 12 heteroatoms. The molecule has 5 N–H and O–H groups in total. The third-order valence-electron chi connectivity index (χ3n) is 8.92. The van der Waals surface area contributed by atoms with Gasteiger partial charge in [0.05, 0.1) is 37.3 Å². The Balaban J connectivity index is 1.21. The highest BCUT2D eigenvalue weighted by Gasteiger charge is 2.18. The predicted octanol–water partition coefficient (Wildman–Crippen LogP) is 5.17. The molecule has 0 spiro atoms. The molecular weight excluding hydrogens is 608 g/mol. The minimum Gasteiger partial charge on any atom is -0.478 e. The summed E-state index contributed by atoms with van der Waals surface area (Å²) in [5.41, 5.74) is 13.1. The van der Waals surface area contributed by atoms with Gasteiger partial charge in [-0.25, -0.2) is 9.59 Å². The SMILES string of the molecule is Nc1nc2cc3c1[nH]c(=O)n3Cc1cc(cc(Nc3nc4cc5c3[nH]c(=O)n5Cc3cccc(c3)CCCCCO4)c1)CC=CCCO2. The van der Waals surface area contributed by atoms with Gasteiger partial charge in [-0.05, 0) is 72.9 Å². The van der Waals surface area contributed by atoms with Crippen LogP contribution in [0.2, 0.25) is 0 Å². The summed E-state index contributed by atoms with van der Waals surface area (Å²) in [6.07, 6.45) is 9.56. The molecule has 2 aliphatic heterocycles. The number of hydrogen-bond donors (Lipinski definition) is 4. The van der Waals surface area contributed by atoms with Crippen molar-refractivity contribution in [2.75, 3.05) is 24.3 Å². The molecule has 6 aromatic rings. The molecule has 2 aromatic carbocycles. The third-order valence-corrected chi connectivity index (χ3v) is 8.92. The van der Waals surface area contributed by atoms with Gasteiger partial charge < -0.3 is 30.5 Å². The number of ether oxygens (including phenoxy) is 2. The van der Waals surface area contributed by atoms with E-state index in [1.807, 2.05) is 12.1 Å². The van der Waals surface area contributed by atoms with Crippen LogP contribution >= 0.6 is 0 Å². The first-order valence-electron chi connectivity index (χ1n) is 16.4. The second kappa shape index (κ2) is 12.4. The number of nitrogens with zero attached hydrogens (tertiary/aromatic N) is 4. The molecule has 244 valence electrons. The number of imidazole rings is 2. The number of benzene rings is 2. The first-order chi connectivity index (χ1) is 23.5. The number of nitrogens with two attached hydrogens (primary N) is 1. The Labute approximate surface area is 275 Å². The monoisotopic (exact) mass is 644 g/mol. The second-order valence-electron chi connectivity index (χ2n) is 12.4. The summed E-state index contributed by atoms with van der Waals surface area (Å²) in [7, 11) is 0. The summed E-state index contributed by atoms with van der Waals surface area (Å²) >= 11 is 0. The van der Waals surface area contributed by atoms with Gasteiger partial charge in [0.25, 0.3) is 0 Å². The highest BCUT2D eigenvalue weighted by molar-refractivity contribution is 5.89. The average molecular weight is 645 g/mol. The molecule has 4 aromatic heterocycles. The average Bonchev–Trinajstić information content (AvgIpc) is 3.55. The maximum absolute atomic E-state index is 13.4. The quantitative estimate of drug-likeness (QED) is 0.188. The van der Waals surface area contributed by atoms with Crippen LogP contribution in [0.4, 0.5) is 17.3 Å². The number of anilines is 3. The molecule has 0 radical (unpaired) electrons. The second-order valence-corrected chi connectivity index (χ2v) is 12.4. The van der Waals surface area contributed by atoms with Gasteiger partial charge in [0.1, 0.15) is 11.0 Å². The molecule has 0 amide bonds. The summed E-state index contributed by atoms with van der Waals surface area (Å²) < 4.78 is 15.4. The first-order valence-corrected chi connectivity index (χ1v) is 16.4. The number of fused-ring (bicyclic) bond motifs is 6. The lowest BCUT2D eigenvalue weighted by molar-refractivity contribution is 0.295. The van der Waals surface area contributed by atoms with E-state index in [0.29, 0.717) is 72.2 Å². The number of nitrogen functional groups attached to an aromatic ring is 1. The standard InChI is InChI=1S/C36H36N8O4/c37-33-31-27-18-29(39-33)47-12-6-2-4-9-23-15-25(21-44(27)35(45)41-31)17-26(16-23)38-34-32-28-19-30(40-34)48-13-5-1-3-8-22-10-7-11-24(14-22)20-43(28)36(46)42-32/h2,4,7,10-11,14-19H,1,3,5-6,8-9,12-13,20-21H2,(H2,37,39)(H,38,40)(H,41,45)(H,42,46). The van der Waals surface area contributed by atoms with Crippen LogP contribution in [0.1, 0.15) is 47.9 Å². The van der Waals surface area contributed by atoms with Crippen LogP contribution in [0.15, 0.2) is 76.3 Å². The van der Waals surface area contributed by atoms with Crippen molar-refractivity contribution >= 4 is 39.4 Å². The number of aryl methyl sites for hydroxylation is 1. The van der Waals surface area contributed by atoms with Crippen molar-refractivity contribution < 1.29 is 9.47 Å². The fourth-order valence-electron chi connectivity index (χ4n) is 6.62. The largest absolute Gasteiger partial charge is 0.478 e. The minimum absolute atomic E-state index is 0.208. The molecule has 0 unspecified atom stereocenters. The van der Waals surface area contributed by atoms with Crippen LogP contribution in [0.3, 0.4) is 0 Å². The van der Waals surface area contributed by atoms with E-state index < -0.39 is 0 Å². The van der Waals surface area contributed by atoms with E-state index in [2.05, 4.69) is 68.8 Å². The lowest BCUT2D eigenvalue weighted by atomic mass is 10.0. The van der Waals surface area contributed by atoms with Crippen LogP contribution in [0, 0.1) is 0 Å². The van der Waals surface area contributed by atoms with E-state index in [9.17, 15) is 9.59 Å². The van der Waals surface area contributed by atoms with Crippen molar-refractivity contribution in [1.82, 2.24) is 29.1 Å². The van der Waals surface area contributed by atoms with Gasteiger partial charge in [-0.1, -0.05) is 42.5 Å². The molecule has 8 bridgehead atoms. The fraction of sp³-hybridized carbons (Fsp3) is 0.278. The highest BCUT2D eigenvalue weighted by atomic mass is 16.5. The predicted molar refractivity (Wildman–Crippen MR) is 185 cm³/mol. The topological polar surface area (TPSA) is 158 Å². The Morgan fingerprint density at radius 2 is 1.44 bits per heavy atom. The number of aromatic nitrogens is 6. The normalized spacial score (nSPS) is 15.2. The zero-order valence-corrected chi connectivity index (χ0v) is 26.4. The number of rotatable bonds is 2. The van der Waals surface area contributed by atoms with E-state index in [-0.39, 0.29) is 23.7 Å². The van der Waals surface area contributed by atoms with Gasteiger partial charge in [0, 0.05) is 17.8 Å². The van der Waals surface area contributed by atoms with E-state index in [0.717, 1.165) is 48.1 Å². The molecule has 0 saturated heterocycles. The zero-order valence-electron chi connectivity index (χ0n) is 26.4. The van der Waals surface area contributed by atoms with Crippen molar-refractivity contribution in [3.8, 4) is 11.8 Å². The highest BCUT2D eigenvalue weighted by Crippen LogP contribution is 2.30. The van der Waals surface area contributed by atoms with Crippen molar-refractivity contribution in [3.63, 3.8) is 0 Å². The van der Waals surface area contributed by atoms with Crippen LogP contribution in [0.25, 0.3) is 22.1 Å². The number of allylic oxidation sites excluding steroid dienone is 1. The van der Waals surface area contributed by atoms with E-state index in [1.54, 1.807) is 15.2 Å². The van der Waals surface area contributed by atoms with Crippen molar-refractivity contribution in [3.05, 3.63) is 110 Å². The third kappa shape index (κ3) is 5.92. The van der Waals surface area contributed by atoms with Crippen molar-refractivity contribution in [1.29, 1.82) is 0 Å². The Morgan fingerprint density at radius 3 is 2.31 bits per heavy atom. The summed E-state index contributed by atoms with van der Waals surface area (Å²) in [5, 5.41) is 3.49. The Morgan fingerprint density at radius 1 is 0.729 bits per heavy atom. The van der Waals surface area contributed by atoms with Crippen LogP contribution < -0.4 is 31.9 Å².